The molecule has 0 aliphatic carbocycles. The van der Waals surface area contributed by atoms with Crippen LogP contribution in [-0.2, 0) is 6.42 Å². The van der Waals surface area contributed by atoms with Crippen LogP contribution in [0.25, 0.3) is 0 Å². The fourth-order valence-electron chi connectivity index (χ4n) is 2.32. The van der Waals surface area contributed by atoms with Crippen molar-refractivity contribution in [3.05, 3.63) is 53.1 Å². The van der Waals surface area contributed by atoms with E-state index < -0.39 is 0 Å². The molecule has 4 nitrogen and oxygen atoms in total. The molecule has 0 radical (unpaired) electrons. The van der Waals surface area contributed by atoms with Crippen LogP contribution in [0, 0.1) is 6.92 Å². The Balaban J connectivity index is 1.80. The second-order valence-electron chi connectivity index (χ2n) is 5.00. The van der Waals surface area contributed by atoms with Gasteiger partial charge in [-0.2, -0.15) is 0 Å². The number of aromatic hydroxyl groups is 1. The molecule has 0 saturated carbocycles. The van der Waals surface area contributed by atoms with Crippen LogP contribution in [0.1, 0.15) is 21.5 Å². The molecule has 0 aromatic heterocycles. The van der Waals surface area contributed by atoms with Crippen LogP contribution >= 0.6 is 0 Å². The normalized spacial score (nSPS) is 12.7. The number of phenolic OH excluding ortho intramolecular Hbond substituents is 1. The summed E-state index contributed by atoms with van der Waals surface area (Å²) in [6, 6.07) is 10.8. The van der Waals surface area contributed by atoms with Gasteiger partial charge in [0.25, 0.3) is 5.91 Å². The van der Waals surface area contributed by atoms with Gasteiger partial charge in [-0.1, -0.05) is 12.1 Å². The van der Waals surface area contributed by atoms with E-state index in [0.717, 1.165) is 24.2 Å². The molecule has 1 amide bonds. The van der Waals surface area contributed by atoms with Crippen LogP contribution in [0.15, 0.2) is 36.4 Å². The number of fused-ring (bicyclic) bond motifs is 1. The second-order valence-corrected chi connectivity index (χ2v) is 5.00. The van der Waals surface area contributed by atoms with Crippen LogP contribution < -0.4 is 10.6 Å². The molecule has 1 aliphatic heterocycles. The number of nitrogens with one attached hydrogen (secondary N) is 2. The Morgan fingerprint density at radius 3 is 2.90 bits per heavy atom. The number of carbonyl (C=O) groups excluding carboxylic acids is 1. The molecule has 3 N–H and O–H groups in total. The molecule has 3 rings (SSSR count). The average molecular weight is 268 g/mol. The number of anilines is 2. The predicted molar refractivity (Wildman–Crippen MR) is 79.4 cm³/mol. The maximum Gasteiger partial charge on any atom is 0.255 e. The van der Waals surface area contributed by atoms with Crippen LogP contribution in [0.4, 0.5) is 11.4 Å². The summed E-state index contributed by atoms with van der Waals surface area (Å²) in [6.45, 7) is 2.74. The largest absolute Gasteiger partial charge is 0.508 e. The first-order chi connectivity index (χ1) is 9.63. The van der Waals surface area contributed by atoms with E-state index in [9.17, 15) is 9.90 Å². The predicted octanol–water partition coefficient (Wildman–Crippen LogP) is 2.92. The van der Waals surface area contributed by atoms with Gasteiger partial charge in [0.15, 0.2) is 0 Å². The van der Waals surface area contributed by atoms with Gasteiger partial charge in [0.1, 0.15) is 5.75 Å². The Morgan fingerprint density at radius 1 is 1.25 bits per heavy atom. The quantitative estimate of drug-likeness (QED) is 0.784. The highest BCUT2D eigenvalue weighted by molar-refractivity contribution is 6.05. The monoisotopic (exact) mass is 268 g/mol. The lowest BCUT2D eigenvalue weighted by Crippen LogP contribution is -2.12. The molecule has 2 aromatic carbocycles. The summed E-state index contributed by atoms with van der Waals surface area (Å²) < 4.78 is 0. The maximum atomic E-state index is 12.2. The number of phenols is 1. The maximum absolute atomic E-state index is 12.2. The molecule has 1 aliphatic rings. The smallest absolute Gasteiger partial charge is 0.255 e. The van der Waals surface area contributed by atoms with E-state index in [1.165, 1.54) is 5.56 Å². The summed E-state index contributed by atoms with van der Waals surface area (Å²) >= 11 is 0. The Kier molecular flexibility index (Phi) is 3.06. The van der Waals surface area contributed by atoms with E-state index in [2.05, 4.69) is 10.6 Å². The number of rotatable bonds is 2. The molecule has 2 aromatic rings. The van der Waals surface area contributed by atoms with Crippen molar-refractivity contribution in [3.63, 3.8) is 0 Å². The highest BCUT2D eigenvalue weighted by Crippen LogP contribution is 2.25. The third-order valence-corrected chi connectivity index (χ3v) is 3.55. The van der Waals surface area contributed by atoms with Crippen molar-refractivity contribution < 1.29 is 9.90 Å². The highest BCUT2D eigenvalue weighted by Gasteiger charge is 2.13. The van der Waals surface area contributed by atoms with Crippen LogP contribution in [0.3, 0.4) is 0 Å². The number of hydrogen-bond acceptors (Lipinski definition) is 3. The average Bonchev–Trinajstić information content (AvgIpc) is 2.90. The fourth-order valence-corrected chi connectivity index (χ4v) is 2.32. The minimum Gasteiger partial charge on any atom is -0.508 e. The Labute approximate surface area is 117 Å². The third-order valence-electron chi connectivity index (χ3n) is 3.55. The summed E-state index contributed by atoms with van der Waals surface area (Å²) in [5, 5.41) is 15.7. The van der Waals surface area contributed by atoms with Crippen LogP contribution in [0.5, 0.6) is 5.75 Å². The Morgan fingerprint density at radius 2 is 2.10 bits per heavy atom. The molecule has 0 atom stereocenters. The molecule has 20 heavy (non-hydrogen) atoms. The highest BCUT2D eigenvalue weighted by atomic mass is 16.3. The number of carbonyl (C=O) groups is 1. The van der Waals surface area contributed by atoms with Gasteiger partial charge in [0.2, 0.25) is 0 Å². The molecule has 0 unspecified atom stereocenters. The minimum atomic E-state index is -0.176. The topological polar surface area (TPSA) is 61.4 Å². The van der Waals surface area contributed by atoms with Gasteiger partial charge < -0.3 is 15.7 Å². The van der Waals surface area contributed by atoms with Gasteiger partial charge in [0.05, 0.1) is 0 Å². The molecule has 0 spiro atoms. The Hall–Kier alpha value is -2.49. The van der Waals surface area contributed by atoms with E-state index in [4.69, 9.17) is 0 Å². The number of benzene rings is 2. The third kappa shape index (κ3) is 2.32. The molecular formula is C16H16N2O2. The van der Waals surface area contributed by atoms with E-state index >= 15 is 0 Å². The van der Waals surface area contributed by atoms with Crippen molar-refractivity contribution in [1.82, 2.24) is 0 Å². The van der Waals surface area contributed by atoms with E-state index in [0.29, 0.717) is 11.3 Å². The zero-order chi connectivity index (χ0) is 14.1. The molecule has 1 heterocycles. The van der Waals surface area contributed by atoms with Crippen molar-refractivity contribution in [2.24, 2.45) is 0 Å². The van der Waals surface area contributed by atoms with Gasteiger partial charge in [-0.15, -0.1) is 0 Å². The molecule has 0 bridgehead atoms. The minimum absolute atomic E-state index is 0.176. The molecular weight excluding hydrogens is 252 g/mol. The summed E-state index contributed by atoms with van der Waals surface area (Å²) in [5.41, 5.74) is 4.26. The lowest BCUT2D eigenvalue weighted by atomic mass is 10.1. The van der Waals surface area contributed by atoms with Crippen LogP contribution in [0.2, 0.25) is 0 Å². The number of aryl methyl sites for hydroxylation is 1. The zero-order valence-corrected chi connectivity index (χ0v) is 11.2. The SMILES string of the molecule is Cc1ccc(NC(=O)c2ccc3c(c2)NCC3)cc1O. The summed E-state index contributed by atoms with van der Waals surface area (Å²) in [6.07, 6.45) is 1.00. The van der Waals surface area contributed by atoms with Gasteiger partial charge in [0, 0.05) is 29.5 Å². The molecule has 4 heteroatoms. The van der Waals surface area contributed by atoms with Gasteiger partial charge in [-0.25, -0.2) is 0 Å². The van der Waals surface area contributed by atoms with Crippen molar-refractivity contribution in [3.8, 4) is 5.75 Å². The van der Waals surface area contributed by atoms with Gasteiger partial charge in [-0.05, 0) is 42.7 Å². The first-order valence-corrected chi connectivity index (χ1v) is 6.61. The van der Waals surface area contributed by atoms with Crippen LogP contribution in [-0.4, -0.2) is 17.6 Å². The van der Waals surface area contributed by atoms with Crippen molar-refractivity contribution in [1.29, 1.82) is 0 Å². The Bertz CT molecular complexity index is 680. The molecule has 102 valence electrons. The number of amides is 1. The molecule has 0 saturated heterocycles. The van der Waals surface area contributed by atoms with E-state index in [-0.39, 0.29) is 11.7 Å². The second kappa shape index (κ2) is 4.89. The van der Waals surface area contributed by atoms with Crippen molar-refractivity contribution in [2.45, 2.75) is 13.3 Å². The van der Waals surface area contributed by atoms with Crippen molar-refractivity contribution >= 4 is 17.3 Å². The summed E-state index contributed by atoms with van der Waals surface area (Å²) in [5.74, 6) is 0.00294. The van der Waals surface area contributed by atoms with Gasteiger partial charge >= 0.3 is 0 Å². The first-order valence-electron chi connectivity index (χ1n) is 6.61. The van der Waals surface area contributed by atoms with Gasteiger partial charge in [-0.3, -0.25) is 4.79 Å². The van der Waals surface area contributed by atoms with E-state index in [1.54, 1.807) is 18.2 Å². The molecule has 0 fully saturated rings. The zero-order valence-electron chi connectivity index (χ0n) is 11.2. The fraction of sp³-hybridized carbons (Fsp3) is 0.188. The van der Waals surface area contributed by atoms with E-state index in [1.807, 2.05) is 25.1 Å². The summed E-state index contributed by atoms with van der Waals surface area (Å²) in [7, 11) is 0. The summed E-state index contributed by atoms with van der Waals surface area (Å²) in [4.78, 5) is 12.2. The lowest BCUT2D eigenvalue weighted by molar-refractivity contribution is 0.102. The lowest BCUT2D eigenvalue weighted by Gasteiger charge is -2.08. The standard InChI is InChI=1S/C16H16N2O2/c1-10-2-5-13(9-15(10)19)18-16(20)12-4-3-11-6-7-17-14(11)8-12/h2-5,8-9,17,19H,6-7H2,1H3,(H,18,20). The first kappa shape index (κ1) is 12.5. The number of hydrogen-bond donors (Lipinski definition) is 3. The van der Waals surface area contributed by atoms with Crippen molar-refractivity contribution in [2.75, 3.05) is 17.2 Å².